The summed E-state index contributed by atoms with van der Waals surface area (Å²) >= 11 is 0. The number of anilines is 1. The topological polar surface area (TPSA) is 56.2 Å². The number of aromatic nitrogens is 3. The van der Waals surface area contributed by atoms with E-state index in [1.165, 1.54) is 4.40 Å². The second kappa shape index (κ2) is 3.76. The van der Waals surface area contributed by atoms with Crippen LogP contribution in [0.15, 0.2) is 36.5 Å². The van der Waals surface area contributed by atoms with E-state index >= 15 is 0 Å². The maximum Gasteiger partial charge on any atom is 0.171 e. The molecule has 0 amide bonds. The van der Waals surface area contributed by atoms with Crippen LogP contribution in [0.2, 0.25) is 0 Å². The molecule has 3 aromatic rings. The number of pyridine rings is 1. The van der Waals surface area contributed by atoms with Crippen molar-refractivity contribution in [3.63, 3.8) is 0 Å². The van der Waals surface area contributed by atoms with Gasteiger partial charge in [-0.05, 0) is 30.3 Å². The summed E-state index contributed by atoms with van der Waals surface area (Å²) in [6, 6.07) is 6.50. The lowest BCUT2D eigenvalue weighted by Gasteiger charge is -2.02. The van der Waals surface area contributed by atoms with Gasteiger partial charge < -0.3 is 5.73 Å². The Labute approximate surface area is 101 Å². The molecule has 4 nitrogen and oxygen atoms in total. The van der Waals surface area contributed by atoms with Crippen molar-refractivity contribution in [2.75, 3.05) is 5.73 Å². The van der Waals surface area contributed by atoms with Gasteiger partial charge in [0.1, 0.15) is 11.6 Å². The Balaban J connectivity index is 2.31. The lowest BCUT2D eigenvalue weighted by atomic mass is 10.2. The number of halogens is 2. The molecule has 90 valence electrons. The Bertz CT molecular complexity index is 736. The highest BCUT2D eigenvalue weighted by molar-refractivity contribution is 5.61. The van der Waals surface area contributed by atoms with E-state index in [0.717, 1.165) is 18.2 Å². The molecule has 0 fully saturated rings. The van der Waals surface area contributed by atoms with Gasteiger partial charge in [-0.3, -0.25) is 4.40 Å². The van der Waals surface area contributed by atoms with E-state index < -0.39 is 11.6 Å². The number of fused-ring (bicyclic) bond motifs is 1. The molecule has 2 N–H and O–H groups in total. The summed E-state index contributed by atoms with van der Waals surface area (Å²) < 4.78 is 28.4. The molecule has 0 unspecified atom stereocenters. The first-order valence-corrected chi connectivity index (χ1v) is 5.21. The summed E-state index contributed by atoms with van der Waals surface area (Å²) in [4.78, 5) is 0. The fraction of sp³-hybridized carbons (Fsp3) is 0. The van der Waals surface area contributed by atoms with Crippen LogP contribution in [0.3, 0.4) is 0 Å². The van der Waals surface area contributed by atoms with Crippen molar-refractivity contribution in [3.8, 4) is 11.4 Å². The maximum atomic E-state index is 13.7. The summed E-state index contributed by atoms with van der Waals surface area (Å²) in [7, 11) is 0. The lowest BCUT2D eigenvalue weighted by Crippen LogP contribution is -1.95. The van der Waals surface area contributed by atoms with Gasteiger partial charge >= 0.3 is 0 Å². The number of nitrogen functional groups attached to an aromatic ring is 1. The molecule has 3 rings (SSSR count). The summed E-state index contributed by atoms with van der Waals surface area (Å²) in [5.74, 6) is -0.880. The average molecular weight is 246 g/mol. The molecule has 18 heavy (non-hydrogen) atoms. The molecule has 0 bridgehead atoms. The molecule has 0 saturated heterocycles. The van der Waals surface area contributed by atoms with Crippen molar-refractivity contribution < 1.29 is 8.78 Å². The predicted molar refractivity (Wildman–Crippen MR) is 62.8 cm³/mol. The number of rotatable bonds is 1. The largest absolute Gasteiger partial charge is 0.398 e. The maximum absolute atomic E-state index is 13.7. The Morgan fingerprint density at radius 3 is 2.72 bits per heavy atom. The molecular formula is C12H8F2N4. The van der Waals surface area contributed by atoms with E-state index in [9.17, 15) is 8.78 Å². The summed E-state index contributed by atoms with van der Waals surface area (Å²) in [6.07, 6.45) is 1.56. The minimum absolute atomic E-state index is 0.0492. The molecule has 1 aromatic carbocycles. The molecular weight excluding hydrogens is 238 g/mol. The molecule has 0 saturated carbocycles. The summed E-state index contributed by atoms with van der Waals surface area (Å²) in [5.41, 5.74) is 6.71. The minimum atomic E-state index is -0.562. The van der Waals surface area contributed by atoms with Gasteiger partial charge in [0, 0.05) is 11.9 Å². The van der Waals surface area contributed by atoms with Crippen molar-refractivity contribution in [1.29, 1.82) is 0 Å². The standard InChI is InChI=1S/C12H8F2N4/c13-7-1-3-10(14)9(5-7)12-17-16-11-4-2-8(15)6-18(11)12/h1-6H,15H2. The molecule has 0 radical (unpaired) electrons. The number of nitrogens with two attached hydrogens (primary N) is 1. The fourth-order valence-corrected chi connectivity index (χ4v) is 1.76. The Morgan fingerprint density at radius 2 is 1.89 bits per heavy atom. The average Bonchev–Trinajstić information content (AvgIpc) is 2.75. The molecule has 0 atom stereocenters. The first-order chi connectivity index (χ1) is 8.65. The van der Waals surface area contributed by atoms with Crippen molar-refractivity contribution in [2.24, 2.45) is 0 Å². The van der Waals surface area contributed by atoms with Gasteiger partial charge in [0.05, 0.1) is 5.56 Å². The summed E-state index contributed by atoms with van der Waals surface area (Å²) in [6.45, 7) is 0. The van der Waals surface area contributed by atoms with Crippen LogP contribution in [0.25, 0.3) is 17.0 Å². The highest BCUT2D eigenvalue weighted by Crippen LogP contribution is 2.23. The zero-order valence-corrected chi connectivity index (χ0v) is 9.14. The number of benzene rings is 1. The van der Waals surface area contributed by atoms with E-state index in [-0.39, 0.29) is 11.4 Å². The number of hydrogen-bond donors (Lipinski definition) is 1. The van der Waals surface area contributed by atoms with Gasteiger partial charge in [0.25, 0.3) is 0 Å². The quantitative estimate of drug-likeness (QED) is 0.716. The second-order valence-corrected chi connectivity index (χ2v) is 3.84. The Kier molecular flexibility index (Phi) is 2.22. The SMILES string of the molecule is Nc1ccc2nnc(-c3cc(F)ccc3F)n2c1. The van der Waals surface area contributed by atoms with Crippen molar-refractivity contribution >= 4 is 11.3 Å². The smallest absolute Gasteiger partial charge is 0.171 e. The third-order valence-electron chi connectivity index (χ3n) is 2.59. The van der Waals surface area contributed by atoms with Crippen LogP contribution in [0.5, 0.6) is 0 Å². The minimum Gasteiger partial charge on any atom is -0.398 e. The molecule has 0 aliphatic heterocycles. The third kappa shape index (κ3) is 1.58. The first-order valence-electron chi connectivity index (χ1n) is 5.21. The van der Waals surface area contributed by atoms with Gasteiger partial charge in [0.15, 0.2) is 11.5 Å². The second-order valence-electron chi connectivity index (χ2n) is 3.84. The number of hydrogen-bond acceptors (Lipinski definition) is 3. The van der Waals surface area contributed by atoms with E-state index in [4.69, 9.17) is 5.73 Å². The molecule has 2 heterocycles. The van der Waals surface area contributed by atoms with Crippen LogP contribution >= 0.6 is 0 Å². The predicted octanol–water partition coefficient (Wildman–Crippen LogP) is 2.26. The Morgan fingerprint density at radius 1 is 1.06 bits per heavy atom. The third-order valence-corrected chi connectivity index (χ3v) is 2.59. The molecule has 0 aliphatic carbocycles. The van der Waals surface area contributed by atoms with Gasteiger partial charge in [-0.2, -0.15) is 0 Å². The van der Waals surface area contributed by atoms with E-state index in [1.54, 1.807) is 18.3 Å². The molecule has 6 heteroatoms. The highest BCUT2D eigenvalue weighted by atomic mass is 19.1. The van der Waals surface area contributed by atoms with Crippen LogP contribution in [0.1, 0.15) is 0 Å². The zero-order valence-electron chi connectivity index (χ0n) is 9.14. The van der Waals surface area contributed by atoms with Gasteiger partial charge in [-0.15, -0.1) is 10.2 Å². The fourth-order valence-electron chi connectivity index (χ4n) is 1.76. The van der Waals surface area contributed by atoms with Crippen molar-refractivity contribution in [2.45, 2.75) is 0 Å². The lowest BCUT2D eigenvalue weighted by molar-refractivity contribution is 0.602. The normalized spacial score (nSPS) is 11.0. The van der Waals surface area contributed by atoms with Crippen LogP contribution < -0.4 is 5.73 Å². The van der Waals surface area contributed by atoms with Crippen LogP contribution in [0.4, 0.5) is 14.5 Å². The Hall–Kier alpha value is -2.50. The van der Waals surface area contributed by atoms with Crippen LogP contribution in [-0.2, 0) is 0 Å². The molecule has 2 aromatic heterocycles. The van der Waals surface area contributed by atoms with Crippen LogP contribution in [-0.4, -0.2) is 14.6 Å². The van der Waals surface area contributed by atoms with Gasteiger partial charge in [-0.1, -0.05) is 0 Å². The van der Waals surface area contributed by atoms with Crippen molar-refractivity contribution in [3.05, 3.63) is 48.2 Å². The van der Waals surface area contributed by atoms with E-state index in [0.29, 0.717) is 11.3 Å². The number of nitrogens with zero attached hydrogens (tertiary/aromatic N) is 3. The van der Waals surface area contributed by atoms with Crippen molar-refractivity contribution in [1.82, 2.24) is 14.6 Å². The van der Waals surface area contributed by atoms with Gasteiger partial charge in [-0.25, -0.2) is 8.78 Å². The van der Waals surface area contributed by atoms with Gasteiger partial charge in [0.2, 0.25) is 0 Å². The highest BCUT2D eigenvalue weighted by Gasteiger charge is 2.13. The van der Waals surface area contributed by atoms with Crippen LogP contribution in [0, 0.1) is 11.6 Å². The first kappa shape index (κ1) is 10.6. The molecule has 0 aliphatic rings. The van der Waals surface area contributed by atoms with E-state index in [1.807, 2.05) is 0 Å². The zero-order chi connectivity index (χ0) is 12.7. The summed E-state index contributed by atoms with van der Waals surface area (Å²) in [5, 5.41) is 7.73. The molecule has 0 spiro atoms. The monoisotopic (exact) mass is 246 g/mol. The van der Waals surface area contributed by atoms with E-state index in [2.05, 4.69) is 10.2 Å².